The number of aromatic nitrogens is 2. The number of rotatable bonds is 4. The third-order valence-corrected chi connectivity index (χ3v) is 4.81. The number of aliphatic hydroxyl groups excluding tert-OH is 3. The molecule has 1 saturated heterocycles. The zero-order valence-corrected chi connectivity index (χ0v) is 14.3. The molecule has 1 unspecified atom stereocenters. The zero-order chi connectivity index (χ0) is 19.8. The lowest BCUT2D eigenvalue weighted by molar-refractivity contribution is -0.254. The summed E-state index contributed by atoms with van der Waals surface area (Å²) in [6, 6.07) is 5.56. The van der Waals surface area contributed by atoms with Crippen LogP contribution in [0.15, 0.2) is 36.7 Å². The van der Waals surface area contributed by atoms with Gasteiger partial charge in [-0.3, -0.25) is 9.54 Å². The van der Waals surface area contributed by atoms with Gasteiger partial charge in [-0.25, -0.2) is 4.98 Å². The van der Waals surface area contributed by atoms with Gasteiger partial charge in [0.25, 0.3) is 10.1 Å². The van der Waals surface area contributed by atoms with Crippen molar-refractivity contribution >= 4 is 10.1 Å². The zero-order valence-electron chi connectivity index (χ0n) is 13.5. The largest absolute Gasteiger partial charge is 0.460 e. The van der Waals surface area contributed by atoms with E-state index < -0.39 is 46.1 Å². The summed E-state index contributed by atoms with van der Waals surface area (Å²) in [5, 5.41) is 29.3. The monoisotopic (exact) mass is 402 g/mol. The second-order valence-electron chi connectivity index (χ2n) is 5.72. The second-order valence-corrected chi connectivity index (χ2v) is 7.22. The first-order valence-electron chi connectivity index (χ1n) is 7.57. The van der Waals surface area contributed by atoms with E-state index in [1.807, 2.05) is 0 Å². The minimum atomic E-state index is -4.88. The predicted octanol–water partition coefficient (Wildman–Crippen LogP) is -0.686. The van der Waals surface area contributed by atoms with Crippen LogP contribution in [0.5, 0.6) is 5.75 Å². The van der Waals surface area contributed by atoms with Crippen LogP contribution in [0.1, 0.15) is 0 Å². The van der Waals surface area contributed by atoms with E-state index in [-0.39, 0.29) is 5.75 Å². The van der Waals surface area contributed by atoms with Crippen molar-refractivity contribution < 1.29 is 42.2 Å². The van der Waals surface area contributed by atoms with Crippen molar-refractivity contribution in [3.05, 3.63) is 42.6 Å². The highest BCUT2D eigenvalue weighted by molar-refractivity contribution is 7.86. The van der Waals surface area contributed by atoms with Crippen LogP contribution in [-0.2, 0) is 14.9 Å². The van der Waals surface area contributed by atoms with Crippen molar-refractivity contribution in [2.45, 2.75) is 30.0 Å². The Morgan fingerprint density at radius 1 is 1.07 bits per heavy atom. The summed E-state index contributed by atoms with van der Waals surface area (Å²) in [6.07, 6.45) is -5.05. The maximum absolute atomic E-state index is 13.2. The molecule has 0 radical (unpaired) electrons. The molecule has 0 saturated carbocycles. The molecule has 1 fully saturated rings. The molecule has 27 heavy (non-hydrogen) atoms. The number of ether oxygens (including phenoxy) is 2. The quantitative estimate of drug-likeness (QED) is 0.381. The van der Waals surface area contributed by atoms with Crippen molar-refractivity contribution in [3.63, 3.8) is 0 Å². The topological polar surface area (TPSA) is 159 Å². The lowest BCUT2D eigenvalue weighted by Gasteiger charge is -2.38. The first kappa shape index (κ1) is 19.5. The molecule has 0 aliphatic carbocycles. The first-order valence-corrected chi connectivity index (χ1v) is 9.08. The fourth-order valence-corrected chi connectivity index (χ4v) is 3.24. The minimum Gasteiger partial charge on any atom is -0.460 e. The van der Waals surface area contributed by atoms with Crippen LogP contribution < -0.4 is 4.74 Å². The second kappa shape index (κ2) is 7.42. The van der Waals surface area contributed by atoms with Crippen LogP contribution in [0.4, 0.5) is 4.39 Å². The summed E-state index contributed by atoms with van der Waals surface area (Å²) in [7, 11) is -4.88. The Morgan fingerprint density at radius 2 is 1.81 bits per heavy atom. The Morgan fingerprint density at radius 3 is 2.41 bits per heavy atom. The third kappa shape index (κ3) is 4.21. The molecule has 0 amide bonds. The van der Waals surface area contributed by atoms with Gasteiger partial charge in [-0.1, -0.05) is 0 Å². The van der Waals surface area contributed by atoms with Gasteiger partial charge >= 0.3 is 0 Å². The average molecular weight is 402 g/mol. The van der Waals surface area contributed by atoms with Crippen LogP contribution in [0, 0.1) is 5.95 Å². The van der Waals surface area contributed by atoms with Gasteiger partial charge in [0.05, 0.1) is 11.9 Å². The van der Waals surface area contributed by atoms with Crippen molar-refractivity contribution in [3.8, 4) is 17.0 Å². The molecular weight excluding hydrogens is 387 g/mol. The minimum absolute atomic E-state index is 0.0232. The van der Waals surface area contributed by atoms with E-state index in [2.05, 4.69) is 9.97 Å². The van der Waals surface area contributed by atoms with Crippen molar-refractivity contribution in [2.75, 3.05) is 0 Å². The van der Waals surface area contributed by atoms with Crippen LogP contribution in [0.3, 0.4) is 0 Å². The molecule has 4 N–H and O–H groups in total. The highest BCUT2D eigenvalue weighted by Gasteiger charge is 2.50. The van der Waals surface area contributed by atoms with E-state index in [0.29, 0.717) is 11.3 Å². The Bertz CT molecular complexity index is 910. The summed E-state index contributed by atoms with van der Waals surface area (Å²) in [5.41, 5.74) is -1.36. The van der Waals surface area contributed by atoms with Gasteiger partial charge in [-0.15, -0.1) is 0 Å². The molecular formula is C15H15FN2O8S. The molecule has 0 aromatic carbocycles. The number of pyridine rings is 2. The fourth-order valence-electron chi connectivity index (χ4n) is 2.48. The lowest BCUT2D eigenvalue weighted by atomic mass is 10.1. The van der Waals surface area contributed by atoms with Crippen molar-refractivity contribution in [1.82, 2.24) is 9.97 Å². The van der Waals surface area contributed by atoms with Gasteiger partial charge < -0.3 is 24.8 Å². The van der Waals surface area contributed by atoms with Gasteiger partial charge in [0, 0.05) is 17.8 Å². The maximum Gasteiger partial charge on any atom is 0.295 e. The summed E-state index contributed by atoms with van der Waals surface area (Å²) in [4.78, 5) is 7.48. The summed E-state index contributed by atoms with van der Waals surface area (Å²) < 4.78 is 54.9. The Kier molecular flexibility index (Phi) is 5.37. The molecule has 3 heterocycles. The van der Waals surface area contributed by atoms with E-state index >= 15 is 0 Å². The molecule has 12 heteroatoms. The normalized spacial score (nSPS) is 28.7. The summed E-state index contributed by atoms with van der Waals surface area (Å²) in [6.45, 7) is 0. The molecule has 1 aliphatic heterocycles. The molecule has 3 rings (SSSR count). The first-order chi connectivity index (χ1) is 12.7. The number of aliphatic hydroxyl groups is 3. The Hall–Kier alpha value is -2.22. The van der Waals surface area contributed by atoms with E-state index in [1.165, 1.54) is 36.7 Å². The Balaban J connectivity index is 1.78. The van der Waals surface area contributed by atoms with Crippen LogP contribution in [0.2, 0.25) is 0 Å². The van der Waals surface area contributed by atoms with Gasteiger partial charge in [0.1, 0.15) is 24.1 Å². The fraction of sp³-hybridized carbons (Fsp3) is 0.333. The number of hydrogen-bond donors (Lipinski definition) is 4. The molecule has 0 spiro atoms. The van der Waals surface area contributed by atoms with E-state index in [9.17, 15) is 28.1 Å². The Labute approximate surface area is 152 Å². The lowest BCUT2D eigenvalue weighted by Crippen LogP contribution is -2.61. The van der Waals surface area contributed by atoms with Crippen molar-refractivity contribution in [1.29, 1.82) is 0 Å². The van der Waals surface area contributed by atoms with E-state index in [0.717, 1.165) is 0 Å². The highest BCUT2D eigenvalue weighted by atomic mass is 32.2. The van der Waals surface area contributed by atoms with Gasteiger partial charge in [0.15, 0.2) is 0 Å². The molecule has 2 aromatic rings. The van der Waals surface area contributed by atoms with E-state index in [1.54, 1.807) is 0 Å². The van der Waals surface area contributed by atoms with Gasteiger partial charge in [-0.05, 0) is 18.2 Å². The van der Waals surface area contributed by atoms with E-state index in [4.69, 9.17) is 14.0 Å². The van der Waals surface area contributed by atoms with Crippen molar-refractivity contribution in [2.24, 2.45) is 0 Å². The third-order valence-electron chi connectivity index (χ3n) is 3.83. The van der Waals surface area contributed by atoms with Crippen LogP contribution in [-0.4, -0.2) is 68.3 Å². The molecule has 10 nitrogen and oxygen atoms in total. The number of halogens is 1. The molecule has 1 aliphatic rings. The molecule has 146 valence electrons. The summed E-state index contributed by atoms with van der Waals surface area (Å²) in [5.74, 6) is -0.660. The van der Waals surface area contributed by atoms with Gasteiger partial charge in [-0.2, -0.15) is 12.8 Å². The summed E-state index contributed by atoms with van der Waals surface area (Å²) >= 11 is 0. The van der Waals surface area contributed by atoms with Crippen LogP contribution in [0.25, 0.3) is 11.3 Å². The number of nitrogens with zero attached hydrogens (tertiary/aromatic N) is 2. The SMILES string of the molecule is O=S(=O)(O)C1O[C@@H](Oc2ccc(-c3ccnc(F)c3)nc2)[C@H](O)[C@@H](O)[C@@H]1O. The molecule has 2 aromatic heterocycles. The van der Waals surface area contributed by atoms with Crippen LogP contribution >= 0.6 is 0 Å². The highest BCUT2D eigenvalue weighted by Crippen LogP contribution is 2.27. The molecule has 0 bridgehead atoms. The van der Waals surface area contributed by atoms with Gasteiger partial charge in [0.2, 0.25) is 17.7 Å². The smallest absolute Gasteiger partial charge is 0.295 e. The molecule has 5 atom stereocenters. The average Bonchev–Trinajstić information content (AvgIpc) is 2.62. The standard InChI is InChI=1S/C15H15FN2O8S/c16-10-5-7(3-4-17-10)9-2-1-8(6-18-9)25-14-12(20)11(19)13(21)15(26-14)27(22,23)24/h1-6,11-15,19-21H,(H,22,23,24)/t11-,12-,13+,14-,15?/m1/s1. The maximum atomic E-state index is 13.2. The number of hydrogen-bond acceptors (Lipinski definition) is 9. The predicted molar refractivity (Wildman–Crippen MR) is 86.3 cm³/mol.